The smallest absolute Gasteiger partial charge is 0.328 e. The maximum absolute atomic E-state index is 12.2. The third-order valence-corrected chi connectivity index (χ3v) is 4.75. The number of thioether (sulfide) groups is 1. The van der Waals surface area contributed by atoms with Crippen LogP contribution < -0.4 is 0 Å². The number of hydrogen-bond donors (Lipinski definition) is 0. The van der Waals surface area contributed by atoms with Gasteiger partial charge in [0.2, 0.25) is 5.91 Å². The number of esters is 1. The van der Waals surface area contributed by atoms with Crippen LogP contribution in [0.1, 0.15) is 12.8 Å². The minimum Gasteiger partial charge on any atom is -0.467 e. The minimum atomic E-state index is -0.405. The average molecular weight is 358 g/mol. The summed E-state index contributed by atoms with van der Waals surface area (Å²) in [4.78, 5) is 26.5. The fraction of sp³-hybridized carbons (Fsp3) is 0.429. The van der Waals surface area contributed by atoms with Crippen LogP contribution in [-0.2, 0) is 14.3 Å². The van der Waals surface area contributed by atoms with Gasteiger partial charge in [0, 0.05) is 15.9 Å². The molecule has 0 radical (unpaired) electrons. The molecule has 4 nitrogen and oxygen atoms in total. The van der Waals surface area contributed by atoms with Gasteiger partial charge in [-0.15, -0.1) is 11.8 Å². The summed E-state index contributed by atoms with van der Waals surface area (Å²) in [5.41, 5.74) is 0. The first kappa shape index (κ1) is 15.4. The highest BCUT2D eigenvalue weighted by atomic mass is 79.9. The number of nitrogens with zero attached hydrogens (tertiary/aromatic N) is 1. The number of carbonyl (C=O) groups is 2. The van der Waals surface area contributed by atoms with Crippen LogP contribution in [0, 0.1) is 0 Å². The van der Waals surface area contributed by atoms with Crippen molar-refractivity contribution in [3.05, 3.63) is 28.7 Å². The van der Waals surface area contributed by atoms with Gasteiger partial charge in [0.1, 0.15) is 6.04 Å². The van der Waals surface area contributed by atoms with E-state index in [1.54, 1.807) is 4.90 Å². The van der Waals surface area contributed by atoms with E-state index in [2.05, 4.69) is 15.9 Å². The van der Waals surface area contributed by atoms with Crippen LogP contribution in [0.3, 0.4) is 0 Å². The molecule has 1 aliphatic rings. The molecule has 0 spiro atoms. The van der Waals surface area contributed by atoms with Crippen LogP contribution >= 0.6 is 27.7 Å². The molecule has 0 aromatic heterocycles. The zero-order valence-corrected chi connectivity index (χ0v) is 13.6. The number of hydrogen-bond acceptors (Lipinski definition) is 4. The first-order valence-corrected chi connectivity index (χ1v) is 8.15. The molecule has 1 unspecified atom stereocenters. The maximum atomic E-state index is 12.2. The van der Waals surface area contributed by atoms with Crippen molar-refractivity contribution < 1.29 is 14.3 Å². The number of amides is 1. The van der Waals surface area contributed by atoms with Gasteiger partial charge in [-0.3, -0.25) is 4.79 Å². The Bertz CT molecular complexity index is 492. The molecule has 0 saturated carbocycles. The van der Waals surface area contributed by atoms with Crippen molar-refractivity contribution in [2.45, 2.75) is 23.8 Å². The van der Waals surface area contributed by atoms with Gasteiger partial charge in [-0.05, 0) is 37.1 Å². The number of halogens is 1. The largest absolute Gasteiger partial charge is 0.467 e. The summed E-state index contributed by atoms with van der Waals surface area (Å²) < 4.78 is 5.76. The van der Waals surface area contributed by atoms with Gasteiger partial charge >= 0.3 is 5.97 Å². The summed E-state index contributed by atoms with van der Waals surface area (Å²) in [6.07, 6.45) is 1.55. The fourth-order valence-corrected chi connectivity index (χ4v) is 3.25. The zero-order valence-electron chi connectivity index (χ0n) is 11.2. The lowest BCUT2D eigenvalue weighted by Crippen LogP contribution is -2.41. The van der Waals surface area contributed by atoms with E-state index in [1.165, 1.54) is 18.9 Å². The summed E-state index contributed by atoms with van der Waals surface area (Å²) in [5, 5.41) is 0. The molecule has 0 N–H and O–H groups in total. The van der Waals surface area contributed by atoms with E-state index in [0.717, 1.165) is 15.8 Å². The van der Waals surface area contributed by atoms with Gasteiger partial charge in [0.15, 0.2) is 0 Å². The van der Waals surface area contributed by atoms with Crippen molar-refractivity contribution in [3.63, 3.8) is 0 Å². The van der Waals surface area contributed by atoms with E-state index in [9.17, 15) is 9.59 Å². The molecule has 0 bridgehead atoms. The van der Waals surface area contributed by atoms with Gasteiger partial charge in [-0.25, -0.2) is 4.79 Å². The molecule has 1 amide bonds. The number of methoxy groups -OCH3 is 1. The molecule has 0 aliphatic carbocycles. The van der Waals surface area contributed by atoms with E-state index in [0.29, 0.717) is 18.7 Å². The molecule has 20 heavy (non-hydrogen) atoms. The summed E-state index contributed by atoms with van der Waals surface area (Å²) in [7, 11) is 1.36. The standard InChI is InChI=1S/C14H16BrNO3S/c1-19-14(18)12-3-2-8-16(12)13(17)9-20-11-6-4-10(15)5-7-11/h4-7,12H,2-3,8-9H2,1H3. The van der Waals surface area contributed by atoms with Crippen molar-refractivity contribution >= 4 is 39.6 Å². The highest BCUT2D eigenvalue weighted by Gasteiger charge is 2.34. The monoisotopic (exact) mass is 357 g/mol. The third kappa shape index (κ3) is 3.76. The van der Waals surface area contributed by atoms with Crippen molar-refractivity contribution in [1.82, 2.24) is 4.90 Å². The molecule has 1 aromatic rings. The maximum Gasteiger partial charge on any atom is 0.328 e. The van der Waals surface area contributed by atoms with Gasteiger partial charge in [0.05, 0.1) is 12.9 Å². The number of ether oxygens (including phenoxy) is 1. The van der Waals surface area contributed by atoms with Crippen molar-refractivity contribution in [3.8, 4) is 0 Å². The Labute approximate surface area is 131 Å². The Hall–Kier alpha value is -1.01. The van der Waals surface area contributed by atoms with E-state index >= 15 is 0 Å². The summed E-state index contributed by atoms with van der Waals surface area (Å²) in [6.45, 7) is 0.638. The molecule has 1 heterocycles. The molecular formula is C14H16BrNO3S. The second-order valence-corrected chi connectivity index (χ2v) is 6.48. The third-order valence-electron chi connectivity index (χ3n) is 3.22. The predicted octanol–water partition coefficient (Wildman–Crippen LogP) is 2.71. The Balaban J connectivity index is 1.91. The molecule has 108 valence electrons. The van der Waals surface area contributed by atoms with Gasteiger partial charge in [0.25, 0.3) is 0 Å². The summed E-state index contributed by atoms with van der Waals surface area (Å²) in [6, 6.07) is 7.41. The van der Waals surface area contributed by atoms with E-state index < -0.39 is 6.04 Å². The Kier molecular flexibility index (Phi) is 5.48. The number of rotatable bonds is 4. The molecule has 1 saturated heterocycles. The van der Waals surface area contributed by atoms with E-state index in [4.69, 9.17) is 4.74 Å². The molecule has 1 atom stereocenters. The summed E-state index contributed by atoms with van der Waals surface area (Å²) >= 11 is 4.86. The van der Waals surface area contributed by atoms with Crippen LogP contribution in [-0.4, -0.2) is 42.2 Å². The second kappa shape index (κ2) is 7.13. The first-order chi connectivity index (χ1) is 9.61. The normalized spacial score (nSPS) is 18.1. The summed E-state index contributed by atoms with van der Waals surface area (Å²) in [5.74, 6) is 0.0186. The van der Waals surface area contributed by atoms with Crippen molar-refractivity contribution in [1.29, 1.82) is 0 Å². The Morgan fingerprint density at radius 2 is 2.10 bits per heavy atom. The highest BCUT2D eigenvalue weighted by molar-refractivity contribution is 9.10. The van der Waals surface area contributed by atoms with E-state index in [1.807, 2.05) is 24.3 Å². The van der Waals surface area contributed by atoms with E-state index in [-0.39, 0.29) is 11.9 Å². The second-order valence-electron chi connectivity index (χ2n) is 4.51. The van der Waals surface area contributed by atoms with Crippen LogP contribution in [0.5, 0.6) is 0 Å². The lowest BCUT2D eigenvalue weighted by atomic mass is 10.2. The minimum absolute atomic E-state index is 0.00850. The van der Waals surface area contributed by atoms with Gasteiger partial charge in [-0.2, -0.15) is 0 Å². The van der Waals surface area contributed by atoms with Crippen LogP contribution in [0.25, 0.3) is 0 Å². The molecule has 2 rings (SSSR count). The molecule has 1 aromatic carbocycles. The number of carbonyl (C=O) groups excluding carboxylic acids is 2. The van der Waals surface area contributed by atoms with Crippen LogP contribution in [0.2, 0.25) is 0 Å². The Morgan fingerprint density at radius 1 is 1.40 bits per heavy atom. The molecular weight excluding hydrogens is 342 g/mol. The average Bonchev–Trinajstić information content (AvgIpc) is 2.95. The number of likely N-dealkylation sites (tertiary alicyclic amines) is 1. The fourth-order valence-electron chi connectivity index (χ4n) is 2.21. The lowest BCUT2D eigenvalue weighted by molar-refractivity contribution is -0.150. The Morgan fingerprint density at radius 3 is 2.75 bits per heavy atom. The van der Waals surface area contributed by atoms with Crippen molar-refractivity contribution in [2.24, 2.45) is 0 Å². The van der Waals surface area contributed by atoms with Crippen LogP contribution in [0.15, 0.2) is 33.6 Å². The lowest BCUT2D eigenvalue weighted by Gasteiger charge is -2.22. The highest BCUT2D eigenvalue weighted by Crippen LogP contribution is 2.24. The SMILES string of the molecule is COC(=O)C1CCCN1C(=O)CSc1ccc(Br)cc1. The van der Waals surface area contributed by atoms with Gasteiger partial charge < -0.3 is 9.64 Å². The van der Waals surface area contributed by atoms with Gasteiger partial charge in [-0.1, -0.05) is 15.9 Å². The zero-order chi connectivity index (χ0) is 14.5. The predicted molar refractivity (Wildman–Crippen MR) is 81.6 cm³/mol. The molecule has 6 heteroatoms. The first-order valence-electron chi connectivity index (χ1n) is 6.37. The quantitative estimate of drug-likeness (QED) is 0.613. The van der Waals surface area contributed by atoms with Crippen LogP contribution in [0.4, 0.5) is 0 Å². The molecule has 1 aliphatic heterocycles. The molecule has 1 fully saturated rings. The van der Waals surface area contributed by atoms with Crippen molar-refractivity contribution in [2.75, 3.05) is 19.4 Å². The topological polar surface area (TPSA) is 46.6 Å². The number of benzene rings is 1.